The number of aromatic nitrogens is 3. The molecule has 0 unspecified atom stereocenters. The van der Waals surface area contributed by atoms with Crippen LogP contribution in [0.4, 0.5) is 10.3 Å². The Bertz CT molecular complexity index is 567. The highest BCUT2D eigenvalue weighted by Crippen LogP contribution is 2.02. The Balaban J connectivity index is 1.84. The van der Waals surface area contributed by atoms with Crippen molar-refractivity contribution in [1.82, 2.24) is 20.5 Å². The Morgan fingerprint density at radius 3 is 2.58 bits per heavy atom. The highest BCUT2D eigenvalue weighted by molar-refractivity contribution is 6.39. The standard InChI is InChI=1S/C11H10FN5O2/c12-8-3-1-7(2-4-8)5-13-9(18)10(19)16-11-14-6-15-17-11/h1-4,6H,5H2,(H,13,18)(H2,14,15,16,17,19). The van der Waals surface area contributed by atoms with Gasteiger partial charge in [-0.1, -0.05) is 12.1 Å². The molecular weight excluding hydrogens is 253 g/mol. The monoisotopic (exact) mass is 263 g/mol. The molecule has 98 valence electrons. The number of aromatic amines is 1. The molecular formula is C11H10FN5O2. The van der Waals surface area contributed by atoms with Gasteiger partial charge in [0.05, 0.1) is 0 Å². The van der Waals surface area contributed by atoms with Crippen molar-refractivity contribution in [2.45, 2.75) is 6.54 Å². The molecule has 1 heterocycles. The van der Waals surface area contributed by atoms with Crippen LogP contribution >= 0.6 is 0 Å². The number of hydrogen-bond donors (Lipinski definition) is 3. The Hall–Kier alpha value is -2.77. The molecule has 7 nitrogen and oxygen atoms in total. The van der Waals surface area contributed by atoms with Gasteiger partial charge in [-0.2, -0.15) is 10.1 Å². The number of H-pyrrole nitrogens is 1. The van der Waals surface area contributed by atoms with Crippen LogP contribution in [0.3, 0.4) is 0 Å². The predicted octanol–water partition coefficient (Wildman–Crippen LogP) is 0.199. The second-order valence-corrected chi connectivity index (χ2v) is 3.60. The van der Waals surface area contributed by atoms with Gasteiger partial charge in [-0.25, -0.2) is 9.49 Å². The molecule has 2 rings (SSSR count). The van der Waals surface area contributed by atoms with E-state index in [-0.39, 0.29) is 18.3 Å². The van der Waals surface area contributed by atoms with E-state index in [0.717, 1.165) is 0 Å². The van der Waals surface area contributed by atoms with E-state index in [2.05, 4.69) is 25.8 Å². The first-order valence-corrected chi connectivity index (χ1v) is 5.34. The lowest BCUT2D eigenvalue weighted by molar-refractivity contribution is -0.136. The van der Waals surface area contributed by atoms with Gasteiger partial charge in [0, 0.05) is 6.54 Å². The number of benzene rings is 1. The van der Waals surface area contributed by atoms with Crippen LogP contribution in [0.25, 0.3) is 0 Å². The van der Waals surface area contributed by atoms with E-state index in [0.29, 0.717) is 5.56 Å². The molecule has 0 saturated carbocycles. The molecule has 19 heavy (non-hydrogen) atoms. The molecule has 0 spiro atoms. The fourth-order valence-corrected chi connectivity index (χ4v) is 1.29. The van der Waals surface area contributed by atoms with Crippen LogP contribution in [0.2, 0.25) is 0 Å². The molecule has 0 aliphatic rings. The summed E-state index contributed by atoms with van der Waals surface area (Å²) in [6.07, 6.45) is 1.20. The quantitative estimate of drug-likeness (QED) is 0.689. The molecule has 2 aromatic rings. The second-order valence-electron chi connectivity index (χ2n) is 3.60. The van der Waals surface area contributed by atoms with Gasteiger partial charge in [0.25, 0.3) is 0 Å². The lowest BCUT2D eigenvalue weighted by atomic mass is 10.2. The van der Waals surface area contributed by atoms with Gasteiger partial charge in [-0.3, -0.25) is 14.9 Å². The first-order valence-electron chi connectivity index (χ1n) is 5.34. The van der Waals surface area contributed by atoms with Crippen molar-refractivity contribution in [2.75, 3.05) is 5.32 Å². The Kier molecular flexibility index (Phi) is 3.81. The first kappa shape index (κ1) is 12.7. The van der Waals surface area contributed by atoms with E-state index in [9.17, 15) is 14.0 Å². The maximum atomic E-state index is 12.7. The van der Waals surface area contributed by atoms with Crippen molar-refractivity contribution in [3.63, 3.8) is 0 Å². The maximum Gasteiger partial charge on any atom is 0.316 e. The average Bonchev–Trinajstić information content (AvgIpc) is 2.90. The molecule has 0 atom stereocenters. The minimum atomic E-state index is -0.862. The maximum absolute atomic E-state index is 12.7. The minimum absolute atomic E-state index is 0.0851. The van der Waals surface area contributed by atoms with Gasteiger partial charge in [0.1, 0.15) is 12.1 Å². The van der Waals surface area contributed by atoms with E-state index in [4.69, 9.17) is 0 Å². The van der Waals surface area contributed by atoms with Gasteiger partial charge in [-0.15, -0.1) is 0 Å². The van der Waals surface area contributed by atoms with E-state index in [1.54, 1.807) is 0 Å². The van der Waals surface area contributed by atoms with E-state index < -0.39 is 11.8 Å². The van der Waals surface area contributed by atoms with Crippen molar-refractivity contribution in [1.29, 1.82) is 0 Å². The lowest BCUT2D eigenvalue weighted by Gasteiger charge is -2.04. The van der Waals surface area contributed by atoms with E-state index in [1.165, 1.54) is 30.6 Å². The summed E-state index contributed by atoms with van der Waals surface area (Å²) in [6, 6.07) is 5.58. The molecule has 8 heteroatoms. The average molecular weight is 263 g/mol. The zero-order chi connectivity index (χ0) is 13.7. The van der Waals surface area contributed by atoms with Gasteiger partial charge < -0.3 is 5.32 Å². The topological polar surface area (TPSA) is 99.8 Å². The number of anilines is 1. The third kappa shape index (κ3) is 3.60. The number of nitrogens with one attached hydrogen (secondary N) is 3. The molecule has 0 aliphatic heterocycles. The van der Waals surface area contributed by atoms with Crippen molar-refractivity contribution < 1.29 is 14.0 Å². The summed E-state index contributed by atoms with van der Waals surface area (Å²) < 4.78 is 12.7. The number of amides is 2. The van der Waals surface area contributed by atoms with Gasteiger partial charge in [0.2, 0.25) is 5.95 Å². The highest BCUT2D eigenvalue weighted by atomic mass is 19.1. The Morgan fingerprint density at radius 1 is 1.21 bits per heavy atom. The van der Waals surface area contributed by atoms with E-state index >= 15 is 0 Å². The number of hydrogen-bond acceptors (Lipinski definition) is 4. The predicted molar refractivity (Wildman–Crippen MR) is 63.3 cm³/mol. The molecule has 3 N–H and O–H groups in total. The van der Waals surface area contributed by atoms with Crippen LogP contribution in [-0.2, 0) is 16.1 Å². The van der Waals surface area contributed by atoms with Crippen LogP contribution in [0.5, 0.6) is 0 Å². The normalized spacial score (nSPS) is 9.95. The summed E-state index contributed by atoms with van der Waals surface area (Å²) in [5.74, 6) is -1.96. The van der Waals surface area contributed by atoms with Gasteiger partial charge in [-0.05, 0) is 17.7 Å². The molecule has 0 saturated heterocycles. The number of carbonyl (C=O) groups is 2. The second kappa shape index (κ2) is 5.71. The first-order chi connectivity index (χ1) is 9.15. The highest BCUT2D eigenvalue weighted by Gasteiger charge is 2.14. The number of carbonyl (C=O) groups excluding carboxylic acids is 2. The third-order valence-electron chi connectivity index (χ3n) is 2.22. The molecule has 0 radical (unpaired) electrons. The molecule has 2 amide bonds. The van der Waals surface area contributed by atoms with Crippen LogP contribution in [0.15, 0.2) is 30.6 Å². The lowest BCUT2D eigenvalue weighted by Crippen LogP contribution is -2.35. The third-order valence-corrected chi connectivity index (χ3v) is 2.22. The van der Waals surface area contributed by atoms with Crippen molar-refractivity contribution in [3.8, 4) is 0 Å². The summed E-state index contributed by atoms with van der Waals surface area (Å²) in [5, 5.41) is 10.5. The molecule has 0 fully saturated rings. The minimum Gasteiger partial charge on any atom is -0.344 e. The van der Waals surface area contributed by atoms with Gasteiger partial charge >= 0.3 is 11.8 Å². The molecule has 0 bridgehead atoms. The number of halogens is 1. The zero-order valence-corrected chi connectivity index (χ0v) is 9.68. The summed E-state index contributed by atoms with van der Waals surface area (Å²) in [6.45, 7) is 0.128. The fraction of sp³-hybridized carbons (Fsp3) is 0.0909. The fourth-order valence-electron chi connectivity index (χ4n) is 1.29. The zero-order valence-electron chi connectivity index (χ0n) is 9.68. The van der Waals surface area contributed by atoms with Crippen molar-refractivity contribution >= 4 is 17.8 Å². The van der Waals surface area contributed by atoms with Crippen molar-refractivity contribution in [3.05, 3.63) is 42.0 Å². The van der Waals surface area contributed by atoms with Crippen molar-refractivity contribution in [2.24, 2.45) is 0 Å². The SMILES string of the molecule is O=C(NCc1ccc(F)cc1)C(=O)Nc1ncn[nH]1. The molecule has 1 aromatic carbocycles. The Morgan fingerprint density at radius 2 is 1.95 bits per heavy atom. The number of rotatable bonds is 3. The van der Waals surface area contributed by atoms with E-state index in [1.807, 2.05) is 0 Å². The summed E-state index contributed by atoms with van der Waals surface area (Å²) in [7, 11) is 0. The van der Waals surface area contributed by atoms with Gasteiger partial charge in [0.15, 0.2) is 0 Å². The van der Waals surface area contributed by atoms with Crippen LogP contribution in [-0.4, -0.2) is 27.0 Å². The van der Waals surface area contributed by atoms with Crippen LogP contribution in [0.1, 0.15) is 5.56 Å². The Labute approximate surface area is 107 Å². The molecule has 0 aliphatic carbocycles. The largest absolute Gasteiger partial charge is 0.344 e. The smallest absolute Gasteiger partial charge is 0.316 e. The summed E-state index contributed by atoms with van der Waals surface area (Å²) in [5.41, 5.74) is 0.683. The van der Waals surface area contributed by atoms with Crippen LogP contribution < -0.4 is 10.6 Å². The molecule has 1 aromatic heterocycles. The van der Waals surface area contributed by atoms with Crippen LogP contribution in [0, 0.1) is 5.82 Å². The summed E-state index contributed by atoms with van der Waals surface area (Å²) >= 11 is 0. The summed E-state index contributed by atoms with van der Waals surface area (Å²) in [4.78, 5) is 26.5. The number of nitrogens with zero attached hydrogens (tertiary/aromatic N) is 2.